The molecule has 3 rings (SSSR count). The molecule has 0 radical (unpaired) electrons. The van der Waals surface area contributed by atoms with Crippen molar-refractivity contribution < 1.29 is 43.9 Å². The summed E-state index contributed by atoms with van der Waals surface area (Å²) in [4.78, 5) is 0. The van der Waals surface area contributed by atoms with Crippen LogP contribution in [0.25, 0.3) is 12.2 Å². The second kappa shape index (κ2) is 7.57. The van der Waals surface area contributed by atoms with E-state index in [9.17, 15) is 43.9 Å². The predicted molar refractivity (Wildman–Crippen MR) is 82.3 cm³/mol. The number of hydrogen-bond acceptors (Lipinski definition) is 0. The summed E-state index contributed by atoms with van der Waals surface area (Å²) < 4.78 is 135. The van der Waals surface area contributed by atoms with Crippen LogP contribution in [0.5, 0.6) is 0 Å². The maximum Gasteiger partial charge on any atom is 0.200 e. The smallest absolute Gasteiger partial charge is 0.200 e. The molecule has 0 amide bonds. The molecule has 2 aromatic carbocycles. The molecular formula is C19H8F10. The fourth-order valence-corrected chi connectivity index (χ4v) is 2.97. The maximum absolute atomic E-state index is 13.8. The van der Waals surface area contributed by atoms with Crippen LogP contribution in [0.2, 0.25) is 0 Å². The zero-order chi connectivity index (χ0) is 21.6. The first-order valence-electron chi connectivity index (χ1n) is 8.00. The highest BCUT2D eigenvalue weighted by molar-refractivity contribution is 5.68. The first-order valence-corrected chi connectivity index (χ1v) is 8.00. The van der Waals surface area contributed by atoms with Crippen molar-refractivity contribution in [3.8, 4) is 0 Å². The van der Waals surface area contributed by atoms with Crippen LogP contribution in [0.1, 0.15) is 30.4 Å². The molecule has 0 heterocycles. The number of rotatable bonds is 2. The summed E-state index contributed by atoms with van der Waals surface area (Å²) in [6.45, 7) is 0. The number of hydrogen-bond donors (Lipinski definition) is 0. The van der Waals surface area contributed by atoms with Crippen LogP contribution in [0.3, 0.4) is 0 Å². The van der Waals surface area contributed by atoms with Crippen LogP contribution in [0, 0.1) is 58.2 Å². The van der Waals surface area contributed by atoms with Gasteiger partial charge in [0.1, 0.15) is 0 Å². The molecule has 29 heavy (non-hydrogen) atoms. The van der Waals surface area contributed by atoms with Crippen LogP contribution in [-0.2, 0) is 0 Å². The first-order chi connectivity index (χ1) is 13.6. The molecule has 0 aliphatic heterocycles. The van der Waals surface area contributed by atoms with E-state index in [0.29, 0.717) is 12.2 Å². The van der Waals surface area contributed by atoms with Gasteiger partial charge in [-0.1, -0.05) is 0 Å². The molecular weight excluding hydrogens is 418 g/mol. The zero-order valence-electron chi connectivity index (χ0n) is 14.1. The molecule has 0 nitrogen and oxygen atoms in total. The number of allylic oxidation sites excluding steroid dienone is 2. The normalized spacial score (nSPS) is 17.0. The fraction of sp³-hybridized carbons (Fsp3) is 0.158. The molecule has 0 bridgehead atoms. The van der Waals surface area contributed by atoms with E-state index in [2.05, 4.69) is 0 Å². The van der Waals surface area contributed by atoms with E-state index in [1.165, 1.54) is 0 Å². The second-order valence-electron chi connectivity index (χ2n) is 6.16. The Morgan fingerprint density at radius 3 is 0.897 bits per heavy atom. The maximum atomic E-state index is 13.8. The molecule has 1 saturated carbocycles. The average Bonchev–Trinajstić information content (AvgIpc) is 3.15. The fourth-order valence-electron chi connectivity index (χ4n) is 2.97. The minimum absolute atomic E-state index is 0.0146. The molecule has 0 unspecified atom stereocenters. The van der Waals surface area contributed by atoms with Crippen molar-refractivity contribution in [2.45, 2.75) is 19.3 Å². The van der Waals surface area contributed by atoms with E-state index in [1.807, 2.05) is 0 Å². The molecule has 0 saturated heterocycles. The minimum Gasteiger partial charge on any atom is -0.203 e. The Bertz CT molecular complexity index is 938. The summed E-state index contributed by atoms with van der Waals surface area (Å²) in [5.41, 5.74) is -2.70. The molecule has 0 aromatic heterocycles. The lowest BCUT2D eigenvalue weighted by molar-refractivity contribution is 0.376. The van der Waals surface area contributed by atoms with E-state index >= 15 is 0 Å². The van der Waals surface area contributed by atoms with Gasteiger partial charge in [0.15, 0.2) is 46.5 Å². The van der Waals surface area contributed by atoms with Gasteiger partial charge in [0, 0.05) is 0 Å². The van der Waals surface area contributed by atoms with Crippen molar-refractivity contribution >= 4 is 12.2 Å². The Labute approximate surface area is 156 Å². The SMILES string of the molecule is Fc1c(F)c(F)c(C=C2CCCC2=Cc2c(F)c(F)c(F)c(F)c2F)c(F)c1F. The minimum atomic E-state index is -2.36. The summed E-state index contributed by atoms with van der Waals surface area (Å²) in [5, 5.41) is 0. The van der Waals surface area contributed by atoms with Gasteiger partial charge in [-0.3, -0.25) is 0 Å². The van der Waals surface area contributed by atoms with Crippen molar-refractivity contribution in [3.05, 3.63) is 80.4 Å². The molecule has 0 spiro atoms. The zero-order valence-corrected chi connectivity index (χ0v) is 14.1. The van der Waals surface area contributed by atoms with Crippen molar-refractivity contribution in [2.75, 3.05) is 0 Å². The van der Waals surface area contributed by atoms with E-state index in [0.717, 1.165) is 0 Å². The Hall–Kier alpha value is -2.78. The van der Waals surface area contributed by atoms with E-state index < -0.39 is 69.3 Å². The van der Waals surface area contributed by atoms with Gasteiger partial charge in [0.25, 0.3) is 0 Å². The summed E-state index contributed by atoms with van der Waals surface area (Å²) in [5.74, 6) is -21.9. The van der Waals surface area contributed by atoms with Gasteiger partial charge in [-0.15, -0.1) is 0 Å². The topological polar surface area (TPSA) is 0 Å². The van der Waals surface area contributed by atoms with Crippen LogP contribution < -0.4 is 0 Å². The van der Waals surface area contributed by atoms with Gasteiger partial charge in [0.2, 0.25) is 11.6 Å². The Balaban J connectivity index is 2.17. The van der Waals surface area contributed by atoms with Crippen molar-refractivity contribution in [1.82, 2.24) is 0 Å². The van der Waals surface area contributed by atoms with E-state index in [1.54, 1.807) is 0 Å². The molecule has 1 fully saturated rings. The van der Waals surface area contributed by atoms with E-state index in [4.69, 9.17) is 0 Å². The highest BCUT2D eigenvalue weighted by Gasteiger charge is 2.28. The van der Waals surface area contributed by atoms with Crippen molar-refractivity contribution in [2.24, 2.45) is 0 Å². The molecule has 1 aliphatic rings. The largest absolute Gasteiger partial charge is 0.203 e. The summed E-state index contributed by atoms with van der Waals surface area (Å²) in [7, 11) is 0. The highest BCUT2D eigenvalue weighted by Crippen LogP contribution is 2.36. The van der Waals surface area contributed by atoms with Crippen LogP contribution >= 0.6 is 0 Å². The average molecular weight is 426 g/mol. The van der Waals surface area contributed by atoms with Gasteiger partial charge < -0.3 is 0 Å². The standard InChI is InChI=1S/C19H8F10/c20-10-8(11(21)15(25)18(28)14(10)24)4-6-2-1-3-7(6)5-9-12(22)16(26)19(29)17(27)13(9)23/h4-5H,1-3H2. The third-order valence-corrected chi connectivity index (χ3v) is 4.43. The number of halogens is 10. The highest BCUT2D eigenvalue weighted by atomic mass is 19.2. The third kappa shape index (κ3) is 3.40. The quantitative estimate of drug-likeness (QED) is 0.284. The van der Waals surface area contributed by atoms with Gasteiger partial charge >= 0.3 is 0 Å². The monoisotopic (exact) mass is 426 g/mol. The Kier molecular flexibility index (Phi) is 5.46. The van der Waals surface area contributed by atoms with Gasteiger partial charge in [-0.25, -0.2) is 43.9 Å². The van der Waals surface area contributed by atoms with Gasteiger partial charge in [-0.2, -0.15) is 0 Å². The molecule has 0 atom stereocenters. The van der Waals surface area contributed by atoms with Gasteiger partial charge in [-0.05, 0) is 42.6 Å². The lowest BCUT2D eigenvalue weighted by atomic mass is 10.0. The molecule has 1 aliphatic carbocycles. The van der Waals surface area contributed by atoms with Crippen molar-refractivity contribution in [1.29, 1.82) is 0 Å². The predicted octanol–water partition coefficient (Wildman–Crippen LogP) is 6.73. The molecule has 2 aromatic rings. The number of benzene rings is 2. The molecule has 0 N–H and O–H groups in total. The van der Waals surface area contributed by atoms with Gasteiger partial charge in [0.05, 0.1) is 11.1 Å². The lowest BCUT2D eigenvalue weighted by Crippen LogP contribution is -2.05. The van der Waals surface area contributed by atoms with E-state index in [-0.39, 0.29) is 30.4 Å². The summed E-state index contributed by atoms with van der Waals surface area (Å²) in [6.07, 6.45) is 1.48. The lowest BCUT2D eigenvalue weighted by Gasteiger charge is -2.08. The summed E-state index contributed by atoms with van der Waals surface area (Å²) in [6, 6.07) is 0. The molecule has 10 heteroatoms. The second-order valence-corrected chi connectivity index (χ2v) is 6.16. The first kappa shape index (κ1) is 20.9. The van der Waals surface area contributed by atoms with Crippen LogP contribution in [0.15, 0.2) is 11.1 Å². The summed E-state index contributed by atoms with van der Waals surface area (Å²) >= 11 is 0. The van der Waals surface area contributed by atoms with Crippen molar-refractivity contribution in [3.63, 3.8) is 0 Å². The Morgan fingerprint density at radius 2 is 0.621 bits per heavy atom. The van der Waals surface area contributed by atoms with Crippen LogP contribution in [0.4, 0.5) is 43.9 Å². The molecule has 154 valence electrons. The third-order valence-electron chi connectivity index (χ3n) is 4.43. The Morgan fingerprint density at radius 1 is 0.379 bits per heavy atom. The van der Waals surface area contributed by atoms with Crippen LogP contribution in [-0.4, -0.2) is 0 Å².